The maximum atomic E-state index is 11.6. The Labute approximate surface area is 136 Å². The molecular formula is C14H17NO7S. The second-order valence-corrected chi connectivity index (χ2v) is 5.97. The van der Waals surface area contributed by atoms with Gasteiger partial charge in [-0.2, -0.15) is 0 Å². The molecule has 2 N–H and O–H groups in total. The fourth-order valence-corrected chi connectivity index (χ4v) is 2.50. The summed E-state index contributed by atoms with van der Waals surface area (Å²) in [5.41, 5.74) is -0.465. The molecule has 0 aliphatic carbocycles. The number of non-ortho nitro benzene ring substituents is 1. The number of nitro benzene ring substituents is 1. The van der Waals surface area contributed by atoms with Crippen molar-refractivity contribution in [3.63, 3.8) is 0 Å². The Balaban J connectivity index is 3.00. The van der Waals surface area contributed by atoms with Crippen LogP contribution in [0.5, 0.6) is 0 Å². The van der Waals surface area contributed by atoms with Gasteiger partial charge in [-0.15, -0.1) is 0 Å². The topological polar surface area (TPSA) is 127 Å². The van der Waals surface area contributed by atoms with Crippen LogP contribution in [-0.4, -0.2) is 45.2 Å². The zero-order valence-electron chi connectivity index (χ0n) is 12.6. The summed E-state index contributed by atoms with van der Waals surface area (Å²) in [6, 6.07) is 3.34. The highest BCUT2D eigenvalue weighted by molar-refractivity contribution is 8.13. The maximum Gasteiger partial charge on any atom is 0.338 e. The van der Waals surface area contributed by atoms with Crippen LogP contribution in [0.15, 0.2) is 18.2 Å². The van der Waals surface area contributed by atoms with E-state index in [1.165, 1.54) is 13.0 Å². The van der Waals surface area contributed by atoms with Gasteiger partial charge >= 0.3 is 5.97 Å². The lowest BCUT2D eigenvalue weighted by Crippen LogP contribution is -2.20. The van der Waals surface area contributed by atoms with E-state index >= 15 is 0 Å². The molecule has 0 aliphatic heterocycles. The van der Waals surface area contributed by atoms with Gasteiger partial charge in [0.25, 0.3) is 5.69 Å². The summed E-state index contributed by atoms with van der Waals surface area (Å²) < 4.78 is 4.51. The number of aliphatic hydroxyl groups excluding tert-OH is 2. The SMILES string of the molecule is COC(=O)c1cc(C(O)C(O)CCSC(C)=O)cc([N+](=O)[O-])c1. The third kappa shape index (κ3) is 5.62. The predicted octanol–water partition coefficient (Wildman–Crippen LogP) is 1.45. The Morgan fingerprint density at radius 3 is 2.52 bits per heavy atom. The van der Waals surface area contributed by atoms with Crippen molar-refractivity contribution in [3.05, 3.63) is 39.4 Å². The van der Waals surface area contributed by atoms with Gasteiger partial charge < -0.3 is 14.9 Å². The van der Waals surface area contributed by atoms with Crippen molar-refractivity contribution < 1.29 is 29.5 Å². The summed E-state index contributed by atoms with van der Waals surface area (Å²) in [7, 11) is 1.13. The quantitative estimate of drug-likeness (QED) is 0.432. The number of hydrogen-bond donors (Lipinski definition) is 2. The second kappa shape index (κ2) is 8.61. The van der Waals surface area contributed by atoms with Crippen molar-refractivity contribution in [2.24, 2.45) is 0 Å². The van der Waals surface area contributed by atoms with E-state index in [9.17, 15) is 29.9 Å². The number of carbonyl (C=O) groups excluding carboxylic acids is 2. The molecular weight excluding hydrogens is 326 g/mol. The number of hydrogen-bond acceptors (Lipinski definition) is 8. The third-order valence-corrected chi connectivity index (χ3v) is 3.84. The second-order valence-electron chi connectivity index (χ2n) is 4.70. The van der Waals surface area contributed by atoms with Gasteiger partial charge in [0.2, 0.25) is 0 Å². The number of carbonyl (C=O) groups is 2. The molecule has 2 unspecified atom stereocenters. The van der Waals surface area contributed by atoms with E-state index in [0.29, 0.717) is 5.75 Å². The lowest BCUT2D eigenvalue weighted by molar-refractivity contribution is -0.385. The number of thioether (sulfide) groups is 1. The Kier molecular flexibility index (Phi) is 7.14. The molecule has 1 aromatic rings. The molecule has 2 atom stereocenters. The van der Waals surface area contributed by atoms with Crippen LogP contribution in [0.1, 0.15) is 35.4 Å². The molecule has 0 saturated heterocycles. The lowest BCUT2D eigenvalue weighted by atomic mass is 9.99. The molecule has 0 aromatic heterocycles. The van der Waals surface area contributed by atoms with E-state index in [4.69, 9.17) is 0 Å². The molecule has 0 spiro atoms. The lowest BCUT2D eigenvalue weighted by Gasteiger charge is -2.18. The van der Waals surface area contributed by atoms with Crippen LogP contribution in [0.4, 0.5) is 5.69 Å². The first-order valence-electron chi connectivity index (χ1n) is 6.63. The van der Waals surface area contributed by atoms with Crippen molar-refractivity contribution in [2.45, 2.75) is 25.6 Å². The summed E-state index contributed by atoms with van der Waals surface area (Å²) in [6.07, 6.45) is -2.54. The number of nitrogens with zero attached hydrogens (tertiary/aromatic N) is 1. The largest absolute Gasteiger partial charge is 0.465 e. The van der Waals surface area contributed by atoms with Gasteiger partial charge in [0.1, 0.15) is 6.10 Å². The normalized spacial score (nSPS) is 13.2. The van der Waals surface area contributed by atoms with Gasteiger partial charge in [0, 0.05) is 24.8 Å². The Morgan fingerprint density at radius 1 is 1.35 bits per heavy atom. The van der Waals surface area contributed by atoms with E-state index in [0.717, 1.165) is 31.0 Å². The van der Waals surface area contributed by atoms with Gasteiger partial charge in [0.05, 0.1) is 23.7 Å². The summed E-state index contributed by atoms with van der Waals surface area (Å²) in [4.78, 5) is 32.6. The van der Waals surface area contributed by atoms with Crippen LogP contribution in [-0.2, 0) is 9.53 Å². The predicted molar refractivity (Wildman–Crippen MR) is 83.2 cm³/mol. The molecule has 0 saturated carbocycles. The molecule has 1 rings (SSSR count). The van der Waals surface area contributed by atoms with Gasteiger partial charge in [-0.05, 0) is 18.1 Å². The Bertz CT molecular complexity index is 605. The van der Waals surface area contributed by atoms with Crippen molar-refractivity contribution in [2.75, 3.05) is 12.9 Å². The molecule has 8 nitrogen and oxygen atoms in total. The minimum atomic E-state index is -1.43. The van der Waals surface area contributed by atoms with E-state index in [1.807, 2.05) is 0 Å². The van der Waals surface area contributed by atoms with Crippen LogP contribution in [0, 0.1) is 10.1 Å². The molecule has 9 heteroatoms. The molecule has 0 heterocycles. The first-order valence-corrected chi connectivity index (χ1v) is 7.62. The molecule has 0 radical (unpaired) electrons. The van der Waals surface area contributed by atoms with Gasteiger partial charge in [-0.1, -0.05) is 11.8 Å². The van der Waals surface area contributed by atoms with Gasteiger partial charge in [-0.3, -0.25) is 14.9 Å². The number of esters is 1. The molecule has 0 fully saturated rings. The molecule has 23 heavy (non-hydrogen) atoms. The number of aliphatic hydroxyl groups is 2. The fraction of sp³-hybridized carbons (Fsp3) is 0.429. The van der Waals surface area contributed by atoms with Crippen LogP contribution in [0.3, 0.4) is 0 Å². The van der Waals surface area contributed by atoms with Crippen molar-refractivity contribution in [3.8, 4) is 0 Å². The summed E-state index contributed by atoms with van der Waals surface area (Å²) in [5, 5.41) is 30.9. The monoisotopic (exact) mass is 343 g/mol. The highest BCUT2D eigenvalue weighted by Crippen LogP contribution is 2.26. The molecule has 126 valence electrons. The summed E-state index contributed by atoms with van der Waals surface area (Å²) in [6.45, 7) is 1.39. The first kappa shape index (κ1) is 19.1. The van der Waals surface area contributed by atoms with Crippen LogP contribution in [0.2, 0.25) is 0 Å². The first-order chi connectivity index (χ1) is 10.8. The standard InChI is InChI=1S/C14H17NO7S/c1-8(16)23-4-3-12(17)13(18)9-5-10(14(19)22-2)7-11(6-9)15(20)21/h5-7,12-13,17-18H,3-4H2,1-2H3. The van der Waals surface area contributed by atoms with E-state index in [2.05, 4.69) is 4.74 Å². The van der Waals surface area contributed by atoms with E-state index in [1.54, 1.807) is 0 Å². The molecule has 0 amide bonds. The van der Waals surface area contributed by atoms with E-state index < -0.39 is 28.8 Å². The Hall–Kier alpha value is -1.97. The molecule has 0 bridgehead atoms. The van der Waals surface area contributed by atoms with Crippen molar-refractivity contribution in [1.29, 1.82) is 0 Å². The Morgan fingerprint density at radius 2 is 2.00 bits per heavy atom. The van der Waals surface area contributed by atoms with E-state index in [-0.39, 0.29) is 22.7 Å². The maximum absolute atomic E-state index is 11.6. The molecule has 0 aliphatic rings. The number of methoxy groups -OCH3 is 1. The van der Waals surface area contributed by atoms with Crippen molar-refractivity contribution in [1.82, 2.24) is 0 Å². The summed E-state index contributed by atoms with van der Waals surface area (Å²) in [5.74, 6) is -0.490. The van der Waals surface area contributed by atoms with Crippen LogP contribution < -0.4 is 0 Å². The zero-order valence-corrected chi connectivity index (χ0v) is 13.4. The molecule has 1 aromatic carbocycles. The third-order valence-electron chi connectivity index (χ3n) is 3.00. The average Bonchev–Trinajstić information content (AvgIpc) is 2.52. The van der Waals surface area contributed by atoms with Crippen LogP contribution in [0.25, 0.3) is 0 Å². The zero-order chi connectivity index (χ0) is 17.6. The summed E-state index contributed by atoms with van der Waals surface area (Å²) >= 11 is 1.000. The minimum absolute atomic E-state index is 0.0277. The number of nitro groups is 1. The highest BCUT2D eigenvalue weighted by Gasteiger charge is 2.23. The fourth-order valence-electron chi connectivity index (χ4n) is 1.85. The number of rotatable bonds is 7. The minimum Gasteiger partial charge on any atom is -0.465 e. The highest BCUT2D eigenvalue weighted by atomic mass is 32.2. The van der Waals surface area contributed by atoms with Gasteiger partial charge in [-0.25, -0.2) is 4.79 Å². The average molecular weight is 343 g/mol. The number of benzene rings is 1. The smallest absolute Gasteiger partial charge is 0.338 e. The van der Waals surface area contributed by atoms with Crippen molar-refractivity contribution >= 4 is 28.5 Å². The van der Waals surface area contributed by atoms with Gasteiger partial charge in [0.15, 0.2) is 5.12 Å². The van der Waals surface area contributed by atoms with Crippen LogP contribution >= 0.6 is 11.8 Å². The number of ether oxygens (including phenoxy) is 1.